The van der Waals surface area contributed by atoms with Gasteiger partial charge in [-0.3, -0.25) is 9.59 Å². The van der Waals surface area contributed by atoms with E-state index in [9.17, 15) is 9.59 Å². The van der Waals surface area contributed by atoms with Crippen LogP contribution in [0.3, 0.4) is 0 Å². The van der Waals surface area contributed by atoms with E-state index in [0.29, 0.717) is 17.7 Å². The molecule has 4 aliphatic rings. The second-order valence-corrected chi connectivity index (χ2v) is 9.05. The smallest absolute Gasteiger partial charge is 0.231 e. The van der Waals surface area contributed by atoms with Crippen molar-refractivity contribution >= 4 is 28.5 Å². The van der Waals surface area contributed by atoms with Gasteiger partial charge in [0, 0.05) is 17.8 Å². The number of pyridine rings is 1. The molecule has 4 bridgehead atoms. The van der Waals surface area contributed by atoms with E-state index in [0.717, 1.165) is 43.0 Å². The Balaban J connectivity index is 1.42. The fraction of sp³-hybridized carbons (Fsp3) is 0.500. The summed E-state index contributed by atoms with van der Waals surface area (Å²) in [6.45, 7) is 1.59. The lowest BCUT2D eigenvalue weighted by Crippen LogP contribution is -2.65. The minimum atomic E-state index is -0.375. The molecule has 1 aromatic heterocycles. The van der Waals surface area contributed by atoms with Gasteiger partial charge in [0.2, 0.25) is 11.8 Å². The standard InChI is InChI=1S/C22H25N3O2/c1-14(26)25-22-11-15-8-16(12-22)10-21(9-15,13-22)20(27)24-19-7-6-17-4-2-3-5-18(17)23-19/h2-7,15-16H,8-13H2,1H3,(H,25,26)(H,23,24,27). The number of nitrogens with zero attached hydrogens (tertiary/aromatic N) is 1. The molecule has 2 amide bonds. The van der Waals surface area contributed by atoms with Gasteiger partial charge in [-0.05, 0) is 68.6 Å². The third-order valence-electron chi connectivity index (χ3n) is 6.82. The zero-order valence-corrected chi connectivity index (χ0v) is 15.6. The van der Waals surface area contributed by atoms with Crippen LogP contribution in [0.5, 0.6) is 0 Å². The average molecular weight is 363 g/mol. The van der Waals surface area contributed by atoms with Crippen molar-refractivity contribution in [3.63, 3.8) is 0 Å². The lowest BCUT2D eigenvalue weighted by atomic mass is 9.46. The maximum absolute atomic E-state index is 13.4. The topological polar surface area (TPSA) is 71.1 Å². The maximum atomic E-state index is 13.4. The molecule has 4 saturated carbocycles. The number of fused-ring (bicyclic) bond motifs is 1. The SMILES string of the molecule is CC(=O)NC12CC3CC(C1)CC(C(=O)Nc1ccc4ccccc4n1)(C3)C2. The van der Waals surface area contributed by atoms with Gasteiger partial charge in [-0.25, -0.2) is 4.98 Å². The van der Waals surface area contributed by atoms with Gasteiger partial charge in [0.15, 0.2) is 0 Å². The molecule has 140 valence electrons. The number of benzene rings is 1. The van der Waals surface area contributed by atoms with Crippen molar-refractivity contribution in [1.82, 2.24) is 10.3 Å². The Morgan fingerprint density at radius 2 is 1.78 bits per heavy atom. The van der Waals surface area contributed by atoms with Crippen molar-refractivity contribution in [2.24, 2.45) is 17.3 Å². The van der Waals surface area contributed by atoms with Crippen LogP contribution in [-0.4, -0.2) is 22.3 Å². The minimum absolute atomic E-state index is 0.0173. The van der Waals surface area contributed by atoms with Gasteiger partial charge in [0.1, 0.15) is 5.82 Å². The van der Waals surface area contributed by atoms with E-state index in [1.54, 1.807) is 6.92 Å². The van der Waals surface area contributed by atoms with Gasteiger partial charge in [0.05, 0.1) is 10.9 Å². The van der Waals surface area contributed by atoms with Crippen molar-refractivity contribution in [3.05, 3.63) is 36.4 Å². The zero-order valence-electron chi connectivity index (χ0n) is 15.6. The van der Waals surface area contributed by atoms with Gasteiger partial charge >= 0.3 is 0 Å². The summed E-state index contributed by atoms with van der Waals surface area (Å²) >= 11 is 0. The second kappa shape index (κ2) is 5.78. The van der Waals surface area contributed by atoms with E-state index in [4.69, 9.17) is 0 Å². The average Bonchev–Trinajstić information content (AvgIpc) is 2.59. The number of amides is 2. The van der Waals surface area contributed by atoms with Crippen LogP contribution in [0, 0.1) is 17.3 Å². The van der Waals surface area contributed by atoms with Crippen LogP contribution in [0.4, 0.5) is 5.82 Å². The molecular formula is C22H25N3O2. The van der Waals surface area contributed by atoms with E-state index < -0.39 is 0 Å². The molecular weight excluding hydrogens is 338 g/mol. The summed E-state index contributed by atoms with van der Waals surface area (Å²) in [6.07, 6.45) is 5.86. The van der Waals surface area contributed by atoms with E-state index in [2.05, 4.69) is 15.6 Å². The van der Waals surface area contributed by atoms with Crippen LogP contribution >= 0.6 is 0 Å². The predicted molar refractivity (Wildman–Crippen MR) is 104 cm³/mol. The molecule has 6 rings (SSSR count). The van der Waals surface area contributed by atoms with E-state index in [1.807, 2.05) is 36.4 Å². The Morgan fingerprint density at radius 3 is 2.52 bits per heavy atom. The first-order valence-corrected chi connectivity index (χ1v) is 9.91. The molecule has 1 aromatic carbocycles. The summed E-state index contributed by atoms with van der Waals surface area (Å²) in [7, 11) is 0. The summed E-state index contributed by atoms with van der Waals surface area (Å²) in [5.41, 5.74) is 0.319. The third-order valence-corrected chi connectivity index (χ3v) is 6.82. The zero-order chi connectivity index (χ0) is 18.6. The molecule has 2 unspecified atom stereocenters. The second-order valence-electron chi connectivity index (χ2n) is 9.05. The number of anilines is 1. The molecule has 5 nitrogen and oxygen atoms in total. The first-order chi connectivity index (χ1) is 13.0. The first-order valence-electron chi connectivity index (χ1n) is 9.91. The van der Waals surface area contributed by atoms with Crippen molar-refractivity contribution in [2.75, 3.05) is 5.32 Å². The van der Waals surface area contributed by atoms with Crippen LogP contribution in [0.2, 0.25) is 0 Å². The maximum Gasteiger partial charge on any atom is 0.231 e. The number of rotatable bonds is 3. The Bertz CT molecular complexity index is 924. The molecule has 27 heavy (non-hydrogen) atoms. The van der Waals surface area contributed by atoms with Gasteiger partial charge in [-0.15, -0.1) is 0 Å². The van der Waals surface area contributed by atoms with Gasteiger partial charge in [-0.1, -0.05) is 18.2 Å². The molecule has 4 aliphatic carbocycles. The van der Waals surface area contributed by atoms with Crippen molar-refractivity contribution in [1.29, 1.82) is 0 Å². The highest BCUT2D eigenvalue weighted by atomic mass is 16.2. The molecule has 4 fully saturated rings. The quantitative estimate of drug-likeness (QED) is 0.874. The Hall–Kier alpha value is -2.43. The first kappa shape index (κ1) is 16.7. The molecule has 0 saturated heterocycles. The van der Waals surface area contributed by atoms with E-state index in [1.165, 1.54) is 6.42 Å². The van der Waals surface area contributed by atoms with Crippen molar-refractivity contribution in [2.45, 2.75) is 51.0 Å². The number of aromatic nitrogens is 1. The predicted octanol–water partition coefficient (Wildman–Crippen LogP) is 3.65. The fourth-order valence-corrected chi connectivity index (χ4v) is 6.43. The number of hydrogen-bond acceptors (Lipinski definition) is 3. The number of hydrogen-bond donors (Lipinski definition) is 2. The highest BCUT2D eigenvalue weighted by molar-refractivity contribution is 5.96. The largest absolute Gasteiger partial charge is 0.351 e. The molecule has 0 radical (unpaired) electrons. The Labute approximate surface area is 158 Å². The summed E-state index contributed by atoms with van der Waals surface area (Å²) in [6, 6.07) is 11.8. The fourth-order valence-electron chi connectivity index (χ4n) is 6.43. The van der Waals surface area contributed by atoms with Gasteiger partial charge in [-0.2, -0.15) is 0 Å². The van der Waals surface area contributed by atoms with Crippen molar-refractivity contribution < 1.29 is 9.59 Å². The summed E-state index contributed by atoms with van der Waals surface area (Å²) < 4.78 is 0. The van der Waals surface area contributed by atoms with Gasteiger partial charge in [0.25, 0.3) is 0 Å². The molecule has 1 heterocycles. The summed E-state index contributed by atoms with van der Waals surface area (Å²) in [4.78, 5) is 29.8. The lowest BCUT2D eigenvalue weighted by Gasteiger charge is -2.61. The van der Waals surface area contributed by atoms with Crippen LogP contribution in [0.15, 0.2) is 36.4 Å². The molecule has 5 heteroatoms. The number of carbonyl (C=O) groups is 2. The molecule has 2 atom stereocenters. The van der Waals surface area contributed by atoms with Crippen LogP contribution in [0.1, 0.15) is 45.4 Å². The summed E-state index contributed by atoms with van der Waals surface area (Å²) in [5.74, 6) is 1.78. The molecule has 2 N–H and O–H groups in total. The number of nitrogens with one attached hydrogen (secondary N) is 2. The van der Waals surface area contributed by atoms with Crippen molar-refractivity contribution in [3.8, 4) is 0 Å². The summed E-state index contributed by atoms with van der Waals surface area (Å²) in [5, 5.41) is 7.38. The molecule has 0 spiro atoms. The number of carbonyl (C=O) groups excluding carboxylic acids is 2. The van der Waals surface area contributed by atoms with E-state index >= 15 is 0 Å². The Kier molecular flexibility index (Phi) is 3.58. The molecule has 2 aromatic rings. The third kappa shape index (κ3) is 2.80. The monoisotopic (exact) mass is 363 g/mol. The van der Waals surface area contributed by atoms with Crippen LogP contribution in [0.25, 0.3) is 10.9 Å². The minimum Gasteiger partial charge on any atom is -0.351 e. The van der Waals surface area contributed by atoms with Crippen LogP contribution < -0.4 is 10.6 Å². The Morgan fingerprint density at radius 1 is 1.04 bits per heavy atom. The van der Waals surface area contributed by atoms with Crippen LogP contribution in [-0.2, 0) is 9.59 Å². The highest BCUT2D eigenvalue weighted by Gasteiger charge is 2.60. The highest BCUT2D eigenvalue weighted by Crippen LogP contribution is 2.61. The van der Waals surface area contributed by atoms with Gasteiger partial charge < -0.3 is 10.6 Å². The lowest BCUT2D eigenvalue weighted by molar-refractivity contribution is -0.148. The molecule has 0 aliphatic heterocycles. The van der Waals surface area contributed by atoms with E-state index in [-0.39, 0.29) is 22.8 Å². The normalized spacial score (nSPS) is 33.8. The number of para-hydroxylation sites is 1.